The zero-order valence-electron chi connectivity index (χ0n) is 40.1. The molecule has 73 heavy (non-hydrogen) atoms. The quantitative estimate of drug-likeness (QED) is 0.0970. The molecule has 0 aliphatic carbocycles. The number of para-hydroxylation sites is 3. The van der Waals surface area contributed by atoms with Crippen LogP contribution in [0.5, 0.6) is 0 Å². The molecule has 2 fully saturated rings. The standard InChI is InChI=1S/C56H51Cl4N10O3/c1-2-3-17-50-63-64-56(73-50)54(49-28-37-13-7-10-16-46(37)71-49)68-26-22-66(23-27-68)52-42(59)34-69(35-43(52)60)39-19-18-38-29-48(72-47(38)30-39)53(67-24-20-65(21-25-67)51-40(57)31-61-32-41(51)58)55-62-44-14-8-9-15-45(44)70(55)33-36-11-5-4-6-12-36/h4-16,18-19,28-32,34-35,53-54H,2-3,17,20-27,33H2,1H3/q+1. The first-order chi connectivity index (χ1) is 35.8. The number of furan rings is 2. The van der Waals surface area contributed by atoms with Crippen molar-refractivity contribution in [2.45, 2.75) is 44.8 Å². The molecule has 370 valence electrons. The van der Waals surface area contributed by atoms with E-state index in [9.17, 15) is 0 Å². The first kappa shape index (κ1) is 47.5. The van der Waals surface area contributed by atoms with Gasteiger partial charge in [0.2, 0.25) is 17.5 Å². The number of piperazine rings is 2. The molecule has 0 amide bonds. The molecule has 10 aromatic rings. The van der Waals surface area contributed by atoms with E-state index in [4.69, 9.17) is 64.6 Å². The molecule has 0 bridgehead atoms. The predicted octanol–water partition coefficient (Wildman–Crippen LogP) is 12.4. The van der Waals surface area contributed by atoms with Crippen LogP contribution < -0.4 is 14.4 Å². The smallest absolute Gasteiger partial charge is 0.241 e. The van der Waals surface area contributed by atoms with Crippen molar-refractivity contribution in [2.24, 2.45) is 0 Å². The van der Waals surface area contributed by atoms with Gasteiger partial charge in [0.1, 0.15) is 50.6 Å². The SMILES string of the molecule is CCCCc1nnc(C(c2cc3ccccc3o2)N2CCN(c3c(Cl)c[n+](-c4ccc5cc(C(c6nc7ccccc7n6Cc6ccccc6)N6CCN(c7c(Cl)cncc7Cl)CC6)oc5c4)cc3Cl)CC2)o1. The predicted molar refractivity (Wildman–Crippen MR) is 288 cm³/mol. The van der Waals surface area contributed by atoms with Gasteiger partial charge in [-0.2, -0.15) is 4.57 Å². The maximum atomic E-state index is 7.22. The van der Waals surface area contributed by atoms with Crippen molar-refractivity contribution in [3.05, 3.63) is 189 Å². The molecule has 2 unspecified atom stereocenters. The van der Waals surface area contributed by atoms with Crippen LogP contribution in [0.3, 0.4) is 0 Å². The molecule has 0 saturated carbocycles. The zero-order valence-corrected chi connectivity index (χ0v) is 43.1. The van der Waals surface area contributed by atoms with Crippen LogP contribution in [0.15, 0.2) is 147 Å². The normalized spacial score (nSPS) is 15.8. The van der Waals surface area contributed by atoms with Crippen molar-refractivity contribution in [1.29, 1.82) is 0 Å². The van der Waals surface area contributed by atoms with Gasteiger partial charge in [-0.05, 0) is 48.4 Å². The molecule has 0 radical (unpaired) electrons. The molecule has 12 rings (SSSR count). The van der Waals surface area contributed by atoms with Crippen LogP contribution in [-0.4, -0.2) is 86.9 Å². The molecule has 4 aromatic carbocycles. The van der Waals surface area contributed by atoms with Crippen molar-refractivity contribution in [1.82, 2.24) is 34.5 Å². The maximum absolute atomic E-state index is 7.22. The Hall–Kier alpha value is -6.45. The highest BCUT2D eigenvalue weighted by atomic mass is 35.5. The van der Waals surface area contributed by atoms with Gasteiger partial charge in [-0.3, -0.25) is 14.8 Å². The Morgan fingerprint density at radius 3 is 1.93 bits per heavy atom. The summed E-state index contributed by atoms with van der Waals surface area (Å²) < 4.78 is 24.0. The van der Waals surface area contributed by atoms with E-state index in [0.717, 1.165) is 86.6 Å². The third-order valence-corrected chi connectivity index (χ3v) is 15.3. The Morgan fingerprint density at radius 1 is 0.603 bits per heavy atom. The third kappa shape index (κ3) is 9.43. The van der Waals surface area contributed by atoms with Gasteiger partial charge in [0, 0.05) is 94.6 Å². The first-order valence-electron chi connectivity index (χ1n) is 24.8. The van der Waals surface area contributed by atoms with Crippen molar-refractivity contribution in [3.8, 4) is 5.69 Å². The van der Waals surface area contributed by atoms with E-state index < -0.39 is 0 Å². The van der Waals surface area contributed by atoms with Crippen LogP contribution in [0.2, 0.25) is 20.1 Å². The van der Waals surface area contributed by atoms with Crippen molar-refractivity contribution in [2.75, 3.05) is 62.2 Å². The van der Waals surface area contributed by atoms with E-state index in [1.54, 1.807) is 12.4 Å². The number of hydrogen-bond donors (Lipinski definition) is 0. The monoisotopic (exact) mass is 1050 g/mol. The first-order valence-corrected chi connectivity index (χ1v) is 26.3. The van der Waals surface area contributed by atoms with E-state index >= 15 is 0 Å². The second kappa shape index (κ2) is 20.5. The number of rotatable bonds is 14. The van der Waals surface area contributed by atoms with Crippen molar-refractivity contribution in [3.63, 3.8) is 0 Å². The summed E-state index contributed by atoms with van der Waals surface area (Å²) in [5.41, 5.74) is 7.15. The van der Waals surface area contributed by atoms with Crippen LogP contribution in [-0.2, 0) is 13.0 Å². The largest absolute Gasteiger partial charge is 0.459 e. The lowest BCUT2D eigenvalue weighted by atomic mass is 10.1. The van der Waals surface area contributed by atoms with Gasteiger partial charge in [0.15, 0.2) is 12.4 Å². The Labute approximate surface area is 442 Å². The highest BCUT2D eigenvalue weighted by Crippen LogP contribution is 2.40. The summed E-state index contributed by atoms with van der Waals surface area (Å²) in [6.07, 6.45) is 9.90. The Balaban J connectivity index is 0.829. The highest BCUT2D eigenvalue weighted by molar-refractivity contribution is 6.39. The summed E-state index contributed by atoms with van der Waals surface area (Å²) in [4.78, 5) is 18.8. The van der Waals surface area contributed by atoms with Crippen LogP contribution >= 0.6 is 46.4 Å². The number of benzene rings is 4. The average molecular weight is 1050 g/mol. The second-order valence-electron chi connectivity index (χ2n) is 18.7. The van der Waals surface area contributed by atoms with Crippen molar-refractivity contribution >= 4 is 90.8 Å². The molecule has 8 heterocycles. The van der Waals surface area contributed by atoms with E-state index in [1.165, 1.54) is 5.56 Å². The number of halogens is 4. The van der Waals surface area contributed by atoms with Gasteiger partial charge >= 0.3 is 0 Å². The molecule has 0 N–H and O–H groups in total. The van der Waals surface area contributed by atoms with E-state index in [-0.39, 0.29) is 12.1 Å². The highest BCUT2D eigenvalue weighted by Gasteiger charge is 2.36. The van der Waals surface area contributed by atoms with Crippen LogP contribution in [0.4, 0.5) is 11.4 Å². The molecule has 17 heteroatoms. The molecule has 13 nitrogen and oxygen atoms in total. The number of anilines is 2. The second-order valence-corrected chi connectivity index (χ2v) is 20.4. The molecule has 2 aliphatic rings. The zero-order chi connectivity index (χ0) is 49.6. The lowest BCUT2D eigenvalue weighted by Crippen LogP contribution is -2.48. The Bertz CT molecular complexity index is 3500. The molecular weight excluding hydrogens is 1000 g/mol. The number of fused-ring (bicyclic) bond motifs is 3. The minimum Gasteiger partial charge on any atom is -0.459 e. The van der Waals surface area contributed by atoms with Gasteiger partial charge < -0.3 is 27.6 Å². The fourth-order valence-corrected chi connectivity index (χ4v) is 11.8. The van der Waals surface area contributed by atoms with Gasteiger partial charge in [-0.15, -0.1) is 10.2 Å². The van der Waals surface area contributed by atoms with Gasteiger partial charge in [0.25, 0.3) is 0 Å². The van der Waals surface area contributed by atoms with Gasteiger partial charge in [-0.25, -0.2) is 4.98 Å². The summed E-state index contributed by atoms with van der Waals surface area (Å²) in [5, 5.41) is 13.1. The van der Waals surface area contributed by atoms with Gasteiger partial charge in [-0.1, -0.05) is 120 Å². The number of nitrogens with zero attached hydrogens (tertiary/aromatic N) is 10. The summed E-state index contributed by atoms with van der Waals surface area (Å²) in [5.74, 6) is 3.64. The molecule has 2 aliphatic heterocycles. The Kier molecular flexibility index (Phi) is 13.3. The molecule has 2 saturated heterocycles. The number of aryl methyl sites for hydroxylation is 1. The minimum absolute atomic E-state index is 0.321. The lowest BCUT2D eigenvalue weighted by Gasteiger charge is -2.39. The van der Waals surface area contributed by atoms with Crippen molar-refractivity contribution < 1.29 is 17.8 Å². The summed E-state index contributed by atoms with van der Waals surface area (Å²) in [6.45, 7) is 8.27. The number of hydrogen-bond acceptors (Lipinski definition) is 11. The van der Waals surface area contributed by atoms with E-state index in [1.807, 2.05) is 53.4 Å². The maximum Gasteiger partial charge on any atom is 0.241 e. The molecule has 6 aromatic heterocycles. The number of pyridine rings is 2. The molecular formula is C56H51Cl4N10O3+. The summed E-state index contributed by atoms with van der Waals surface area (Å²) >= 11 is 27.8. The molecule has 2 atom stereocenters. The fourth-order valence-electron chi connectivity index (χ4n) is 10.5. The van der Waals surface area contributed by atoms with E-state index in [0.29, 0.717) is 90.8 Å². The summed E-state index contributed by atoms with van der Waals surface area (Å²) in [7, 11) is 0. The topological polar surface area (TPSA) is 113 Å². The average Bonchev–Trinajstić information content (AvgIpc) is 4.23. The lowest BCUT2D eigenvalue weighted by molar-refractivity contribution is -0.595. The number of imidazole rings is 1. The third-order valence-electron chi connectivity index (χ3n) is 14.2. The Morgan fingerprint density at radius 2 is 1.22 bits per heavy atom. The summed E-state index contributed by atoms with van der Waals surface area (Å²) in [6, 6.07) is 36.6. The molecule has 0 spiro atoms. The number of aromatic nitrogens is 6. The fraction of sp³-hybridized carbons (Fsp3) is 0.268. The van der Waals surface area contributed by atoms with Gasteiger partial charge in [0.05, 0.1) is 38.5 Å². The minimum atomic E-state index is -0.341. The number of unbranched alkanes of at least 4 members (excludes halogenated alkanes) is 1. The van der Waals surface area contributed by atoms with Crippen LogP contribution in [0, 0.1) is 0 Å². The van der Waals surface area contributed by atoms with E-state index in [2.05, 4.69) is 119 Å². The van der Waals surface area contributed by atoms with Crippen LogP contribution in [0.1, 0.15) is 66.5 Å². The van der Waals surface area contributed by atoms with Crippen LogP contribution in [0.25, 0.3) is 38.7 Å².